The van der Waals surface area contributed by atoms with Crippen LogP contribution in [-0.4, -0.2) is 22.5 Å². The molecule has 0 aromatic rings. The third-order valence-electron chi connectivity index (χ3n) is 1.26. The number of thioether (sulfide) groups is 1. The van der Waals surface area contributed by atoms with Crippen molar-refractivity contribution in [3.8, 4) is 0 Å². The second-order valence-electron chi connectivity index (χ2n) is 1.93. The zero-order valence-electron chi connectivity index (χ0n) is 4.51. The Hall–Kier alpha value is 0.240. The lowest BCUT2D eigenvalue weighted by Gasteiger charge is -1.99. The Bertz CT molecular complexity index is 78.8. The summed E-state index contributed by atoms with van der Waals surface area (Å²) in [6.45, 7) is 0.130. The van der Waals surface area contributed by atoms with E-state index in [1.165, 1.54) is 11.8 Å². The molecule has 0 radical (unpaired) electrons. The van der Waals surface area contributed by atoms with E-state index >= 15 is 0 Å². The maximum Gasteiger partial charge on any atom is 0.146 e. The second-order valence-corrected chi connectivity index (χ2v) is 3.38. The minimum Gasteiger partial charge on any atom is -0.395 e. The molecule has 1 heterocycles. The topological polar surface area (TPSA) is 20.2 Å². The van der Waals surface area contributed by atoms with Crippen LogP contribution in [0.3, 0.4) is 0 Å². The van der Waals surface area contributed by atoms with Crippen LogP contribution in [0.4, 0.5) is 4.39 Å². The van der Waals surface area contributed by atoms with Crippen LogP contribution in [0.2, 0.25) is 0 Å². The molecule has 8 heavy (non-hydrogen) atoms. The van der Waals surface area contributed by atoms with E-state index in [1.54, 1.807) is 0 Å². The molecule has 0 bridgehead atoms. The van der Waals surface area contributed by atoms with E-state index in [0.717, 1.165) is 6.42 Å². The fourth-order valence-corrected chi connectivity index (χ4v) is 1.84. The van der Waals surface area contributed by atoms with Crippen LogP contribution in [0, 0.1) is 0 Å². The molecule has 0 amide bonds. The van der Waals surface area contributed by atoms with Crippen molar-refractivity contribution in [2.24, 2.45) is 0 Å². The van der Waals surface area contributed by atoms with Gasteiger partial charge >= 0.3 is 0 Å². The molecule has 1 saturated heterocycles. The van der Waals surface area contributed by atoms with Crippen LogP contribution in [0.5, 0.6) is 0 Å². The maximum atomic E-state index is 12.2. The first-order chi connectivity index (χ1) is 3.83. The summed E-state index contributed by atoms with van der Waals surface area (Å²) in [6, 6.07) is 0. The van der Waals surface area contributed by atoms with Crippen molar-refractivity contribution >= 4 is 11.8 Å². The van der Waals surface area contributed by atoms with Crippen molar-refractivity contribution in [3.63, 3.8) is 0 Å². The molecule has 1 rings (SSSR count). The summed E-state index contributed by atoms with van der Waals surface area (Å²) in [5.74, 6) is 0. The number of rotatable bonds is 1. The van der Waals surface area contributed by atoms with Crippen LogP contribution in [0.1, 0.15) is 12.8 Å². The van der Waals surface area contributed by atoms with Gasteiger partial charge in [-0.15, -0.1) is 11.8 Å². The van der Waals surface area contributed by atoms with Gasteiger partial charge in [0.15, 0.2) is 0 Å². The summed E-state index contributed by atoms with van der Waals surface area (Å²) in [7, 11) is 0. The fraction of sp³-hybridized carbons (Fsp3) is 1.00. The van der Waals surface area contributed by atoms with Crippen LogP contribution in [0.25, 0.3) is 0 Å². The van der Waals surface area contributed by atoms with E-state index in [4.69, 9.17) is 5.11 Å². The third kappa shape index (κ3) is 1.36. The minimum absolute atomic E-state index is 0.130. The highest BCUT2D eigenvalue weighted by atomic mass is 32.2. The van der Waals surface area contributed by atoms with E-state index in [-0.39, 0.29) is 11.9 Å². The third-order valence-corrected chi connectivity index (χ3v) is 2.56. The molecule has 2 atom stereocenters. The Morgan fingerprint density at radius 1 is 1.62 bits per heavy atom. The quantitative estimate of drug-likeness (QED) is 0.584. The summed E-state index contributed by atoms with van der Waals surface area (Å²) in [5, 5.41) is 8.67. The smallest absolute Gasteiger partial charge is 0.146 e. The Morgan fingerprint density at radius 3 is 2.62 bits per heavy atom. The van der Waals surface area contributed by atoms with Crippen molar-refractivity contribution < 1.29 is 9.50 Å². The minimum atomic E-state index is -0.716. The van der Waals surface area contributed by atoms with E-state index in [1.807, 2.05) is 0 Å². The number of hydrogen-bond donors (Lipinski definition) is 1. The Balaban J connectivity index is 2.22. The van der Waals surface area contributed by atoms with Gasteiger partial charge in [0.05, 0.1) is 6.61 Å². The Kier molecular flexibility index (Phi) is 2.14. The predicted octanol–water partition coefficient (Wildman–Crippen LogP) is 1.17. The van der Waals surface area contributed by atoms with Crippen LogP contribution >= 0.6 is 11.8 Å². The molecule has 0 aromatic carbocycles. The number of aliphatic hydroxyl groups is 1. The highest BCUT2D eigenvalue weighted by molar-refractivity contribution is 8.00. The molecule has 1 aliphatic heterocycles. The van der Waals surface area contributed by atoms with Gasteiger partial charge in [-0.2, -0.15) is 0 Å². The van der Waals surface area contributed by atoms with E-state index in [2.05, 4.69) is 0 Å². The van der Waals surface area contributed by atoms with Gasteiger partial charge in [0.1, 0.15) is 5.50 Å². The Morgan fingerprint density at radius 2 is 2.38 bits per heavy atom. The number of hydrogen-bond acceptors (Lipinski definition) is 2. The van der Waals surface area contributed by atoms with Crippen molar-refractivity contribution in [3.05, 3.63) is 0 Å². The van der Waals surface area contributed by atoms with Crippen molar-refractivity contribution in [1.29, 1.82) is 0 Å². The van der Waals surface area contributed by atoms with Crippen LogP contribution < -0.4 is 0 Å². The molecule has 1 aliphatic rings. The standard InChI is InChI=1S/C5H9FOS/c6-5-2-1-4(3-7)8-5/h4-5,7H,1-3H2/t4-,5+/m1/s1. The van der Waals surface area contributed by atoms with Gasteiger partial charge in [-0.1, -0.05) is 0 Å². The molecule has 0 saturated carbocycles. The molecule has 0 unspecified atom stereocenters. The van der Waals surface area contributed by atoms with E-state index < -0.39 is 5.50 Å². The molecule has 3 heteroatoms. The first kappa shape index (κ1) is 6.36. The van der Waals surface area contributed by atoms with Crippen molar-refractivity contribution in [2.75, 3.05) is 6.61 Å². The van der Waals surface area contributed by atoms with E-state index in [0.29, 0.717) is 6.42 Å². The predicted molar refractivity (Wildman–Crippen MR) is 32.6 cm³/mol. The van der Waals surface area contributed by atoms with Crippen molar-refractivity contribution in [1.82, 2.24) is 0 Å². The molecule has 48 valence electrons. The molecule has 0 aliphatic carbocycles. The SMILES string of the molecule is OC[C@H]1CC[C@@H](F)S1. The average Bonchev–Trinajstić information content (AvgIpc) is 2.14. The molecule has 1 fully saturated rings. The van der Waals surface area contributed by atoms with E-state index in [9.17, 15) is 4.39 Å². The lowest BCUT2D eigenvalue weighted by atomic mass is 10.3. The number of halogens is 1. The van der Waals surface area contributed by atoms with Gasteiger partial charge in [-0.05, 0) is 12.8 Å². The van der Waals surface area contributed by atoms with Gasteiger partial charge < -0.3 is 5.11 Å². The first-order valence-electron chi connectivity index (χ1n) is 2.73. The lowest BCUT2D eigenvalue weighted by Crippen LogP contribution is -2.01. The van der Waals surface area contributed by atoms with Gasteiger partial charge in [-0.25, -0.2) is 4.39 Å². The monoisotopic (exact) mass is 136 g/mol. The van der Waals surface area contributed by atoms with Crippen LogP contribution in [0.15, 0.2) is 0 Å². The summed E-state index contributed by atoms with van der Waals surface area (Å²) in [4.78, 5) is 0. The average molecular weight is 136 g/mol. The highest BCUT2D eigenvalue weighted by Crippen LogP contribution is 2.33. The summed E-state index contributed by atoms with van der Waals surface area (Å²) >= 11 is 1.25. The zero-order valence-corrected chi connectivity index (χ0v) is 5.33. The summed E-state index contributed by atoms with van der Waals surface area (Å²) < 4.78 is 12.2. The molecular weight excluding hydrogens is 127 g/mol. The van der Waals surface area contributed by atoms with Gasteiger partial charge in [0, 0.05) is 5.25 Å². The molecule has 0 aromatic heterocycles. The Labute approximate surface area is 52.3 Å². The van der Waals surface area contributed by atoms with Gasteiger partial charge in [0.2, 0.25) is 0 Å². The molecule has 1 N–H and O–H groups in total. The molecule has 0 spiro atoms. The highest BCUT2D eigenvalue weighted by Gasteiger charge is 2.23. The summed E-state index contributed by atoms with van der Waals surface area (Å²) in [5.41, 5.74) is -0.716. The fourth-order valence-electron chi connectivity index (χ4n) is 0.796. The number of aliphatic hydroxyl groups excluding tert-OH is 1. The molecular formula is C5H9FOS. The zero-order chi connectivity index (χ0) is 5.98. The largest absolute Gasteiger partial charge is 0.395 e. The lowest BCUT2D eigenvalue weighted by molar-refractivity contribution is 0.291. The van der Waals surface area contributed by atoms with Crippen molar-refractivity contribution in [2.45, 2.75) is 23.6 Å². The second kappa shape index (κ2) is 2.69. The normalized spacial score (nSPS) is 38.2. The number of alkyl halides is 1. The van der Waals surface area contributed by atoms with Gasteiger partial charge in [0.25, 0.3) is 0 Å². The first-order valence-corrected chi connectivity index (χ1v) is 3.67. The summed E-state index contributed by atoms with van der Waals surface area (Å²) in [6.07, 6.45) is 1.46. The van der Waals surface area contributed by atoms with Gasteiger partial charge in [-0.3, -0.25) is 0 Å². The molecule has 1 nitrogen and oxygen atoms in total. The maximum absolute atomic E-state index is 12.2. The van der Waals surface area contributed by atoms with Crippen LogP contribution in [-0.2, 0) is 0 Å².